The minimum Gasteiger partial charge on any atom is -0.508 e. The van der Waals surface area contributed by atoms with Crippen LogP contribution >= 0.6 is 0 Å². The number of phenols is 1. The number of aromatic nitrogens is 2. The fourth-order valence-corrected chi connectivity index (χ4v) is 2.09. The Hall–Kier alpha value is -2.21. The highest BCUT2D eigenvalue weighted by Gasteiger charge is 2.17. The maximum Gasteiger partial charge on any atom is 0.162 e. The zero-order chi connectivity index (χ0) is 13.4. The highest BCUT2D eigenvalue weighted by Crippen LogP contribution is 2.26. The molecule has 0 radical (unpaired) electrons. The molecule has 3 N–H and O–H groups in total. The van der Waals surface area contributed by atoms with E-state index in [1.165, 1.54) is 12.1 Å². The fraction of sp³-hybridized carbons (Fsp3) is 0.231. The summed E-state index contributed by atoms with van der Waals surface area (Å²) in [6.45, 7) is 0.979. The monoisotopic (exact) mass is 261 g/mol. The van der Waals surface area contributed by atoms with Gasteiger partial charge in [0.25, 0.3) is 0 Å². The van der Waals surface area contributed by atoms with Crippen LogP contribution in [0.5, 0.6) is 5.75 Å². The number of benzene rings is 1. The van der Waals surface area contributed by atoms with Crippen LogP contribution in [0.4, 0.5) is 10.2 Å². The SMILES string of the molecule is Nc1nc(-c2cc(O)cc(F)c2)nc2c1COCC2. The molecule has 1 aliphatic rings. The summed E-state index contributed by atoms with van der Waals surface area (Å²) in [4.78, 5) is 8.53. The highest BCUT2D eigenvalue weighted by atomic mass is 19.1. The number of phenolic OH excluding ortho intramolecular Hbond substituents is 1. The van der Waals surface area contributed by atoms with Crippen LogP contribution in [0.1, 0.15) is 11.3 Å². The van der Waals surface area contributed by atoms with Crippen LogP contribution in [0, 0.1) is 5.82 Å². The van der Waals surface area contributed by atoms with Gasteiger partial charge in [0, 0.05) is 23.6 Å². The molecule has 1 aromatic heterocycles. The average Bonchev–Trinajstić information content (AvgIpc) is 2.37. The second kappa shape index (κ2) is 4.47. The summed E-state index contributed by atoms with van der Waals surface area (Å²) in [5.74, 6) is -0.0622. The van der Waals surface area contributed by atoms with Crippen molar-refractivity contribution in [1.82, 2.24) is 9.97 Å². The molecule has 19 heavy (non-hydrogen) atoms. The van der Waals surface area contributed by atoms with E-state index in [0.29, 0.717) is 36.8 Å². The average molecular weight is 261 g/mol. The molecule has 0 bridgehead atoms. The molecular formula is C13H12FN3O2. The van der Waals surface area contributed by atoms with E-state index in [0.717, 1.165) is 17.3 Å². The van der Waals surface area contributed by atoms with Crippen molar-refractivity contribution in [1.29, 1.82) is 0 Å². The van der Waals surface area contributed by atoms with Gasteiger partial charge in [-0.2, -0.15) is 0 Å². The van der Waals surface area contributed by atoms with Crippen LogP contribution in [0.2, 0.25) is 0 Å². The molecule has 0 unspecified atom stereocenters. The van der Waals surface area contributed by atoms with E-state index in [2.05, 4.69) is 9.97 Å². The van der Waals surface area contributed by atoms with Crippen LogP contribution < -0.4 is 5.73 Å². The van der Waals surface area contributed by atoms with E-state index in [4.69, 9.17) is 10.5 Å². The summed E-state index contributed by atoms with van der Waals surface area (Å²) in [6.07, 6.45) is 0.649. The first-order chi connectivity index (χ1) is 9.13. The third-order valence-electron chi connectivity index (χ3n) is 3.00. The van der Waals surface area contributed by atoms with Gasteiger partial charge < -0.3 is 15.6 Å². The number of anilines is 1. The Morgan fingerprint density at radius 3 is 2.89 bits per heavy atom. The standard InChI is InChI=1S/C13H12FN3O2/c14-8-3-7(4-9(18)5-8)13-16-11-1-2-19-6-10(11)12(15)17-13/h3-5,18H,1-2,6H2,(H2,15,16,17). The predicted molar refractivity (Wildman–Crippen MR) is 66.9 cm³/mol. The van der Waals surface area contributed by atoms with Crippen molar-refractivity contribution in [3.8, 4) is 17.1 Å². The van der Waals surface area contributed by atoms with Crippen molar-refractivity contribution < 1.29 is 14.2 Å². The van der Waals surface area contributed by atoms with Crippen molar-refractivity contribution >= 4 is 5.82 Å². The second-order valence-corrected chi connectivity index (χ2v) is 4.36. The van der Waals surface area contributed by atoms with E-state index >= 15 is 0 Å². The van der Waals surface area contributed by atoms with Crippen LogP contribution in [-0.4, -0.2) is 21.7 Å². The van der Waals surface area contributed by atoms with Gasteiger partial charge in [0.2, 0.25) is 0 Å². The van der Waals surface area contributed by atoms with E-state index in [1.54, 1.807) is 0 Å². The second-order valence-electron chi connectivity index (χ2n) is 4.36. The number of halogens is 1. The van der Waals surface area contributed by atoms with Gasteiger partial charge >= 0.3 is 0 Å². The van der Waals surface area contributed by atoms with E-state index in [-0.39, 0.29) is 5.75 Å². The number of hydrogen-bond acceptors (Lipinski definition) is 5. The first-order valence-electron chi connectivity index (χ1n) is 5.86. The van der Waals surface area contributed by atoms with Gasteiger partial charge in [-0.25, -0.2) is 14.4 Å². The molecule has 0 spiro atoms. The lowest BCUT2D eigenvalue weighted by atomic mass is 10.1. The lowest BCUT2D eigenvalue weighted by molar-refractivity contribution is 0.109. The number of nitrogens with zero attached hydrogens (tertiary/aromatic N) is 2. The summed E-state index contributed by atoms with van der Waals surface area (Å²) in [5.41, 5.74) is 7.87. The molecule has 0 aliphatic carbocycles. The van der Waals surface area contributed by atoms with Crippen LogP contribution in [-0.2, 0) is 17.8 Å². The topological polar surface area (TPSA) is 81.3 Å². The van der Waals surface area contributed by atoms with Gasteiger partial charge in [0.1, 0.15) is 17.4 Å². The normalized spacial score (nSPS) is 14.2. The molecule has 6 heteroatoms. The minimum absolute atomic E-state index is 0.168. The number of rotatable bonds is 1. The van der Waals surface area contributed by atoms with E-state index < -0.39 is 5.82 Å². The summed E-state index contributed by atoms with van der Waals surface area (Å²) in [5, 5.41) is 9.42. The van der Waals surface area contributed by atoms with Crippen molar-refractivity contribution in [3.05, 3.63) is 35.3 Å². The summed E-state index contributed by atoms with van der Waals surface area (Å²) < 4.78 is 18.6. The Balaban J connectivity index is 2.12. The molecule has 0 atom stereocenters. The maximum absolute atomic E-state index is 13.3. The lowest BCUT2D eigenvalue weighted by Gasteiger charge is -2.17. The molecule has 1 aliphatic heterocycles. The minimum atomic E-state index is -0.543. The van der Waals surface area contributed by atoms with Crippen LogP contribution in [0.3, 0.4) is 0 Å². The first-order valence-corrected chi connectivity index (χ1v) is 5.86. The molecule has 0 saturated heterocycles. The fourth-order valence-electron chi connectivity index (χ4n) is 2.09. The number of hydrogen-bond donors (Lipinski definition) is 2. The van der Waals surface area contributed by atoms with E-state index in [1.807, 2.05) is 0 Å². The predicted octanol–water partition coefficient (Wildman–Crippen LogP) is 1.64. The van der Waals surface area contributed by atoms with Crippen LogP contribution in [0.25, 0.3) is 11.4 Å². The van der Waals surface area contributed by atoms with E-state index in [9.17, 15) is 9.50 Å². The first kappa shape index (κ1) is 11.9. The third kappa shape index (κ3) is 2.22. The smallest absolute Gasteiger partial charge is 0.162 e. The summed E-state index contributed by atoms with van der Waals surface area (Å²) in [6, 6.07) is 3.70. The van der Waals surface area contributed by atoms with Crippen molar-refractivity contribution in [2.45, 2.75) is 13.0 Å². The number of fused-ring (bicyclic) bond motifs is 1. The molecule has 0 saturated carbocycles. The Labute approximate surface area is 108 Å². The zero-order valence-corrected chi connectivity index (χ0v) is 10.1. The molecule has 2 heterocycles. The van der Waals surface area contributed by atoms with Gasteiger partial charge in [-0.05, 0) is 12.1 Å². The number of nitrogens with two attached hydrogens (primary N) is 1. The largest absolute Gasteiger partial charge is 0.508 e. The van der Waals surface area contributed by atoms with Gasteiger partial charge in [0.05, 0.1) is 18.9 Å². The van der Waals surface area contributed by atoms with Crippen molar-refractivity contribution in [2.24, 2.45) is 0 Å². The summed E-state index contributed by atoms with van der Waals surface area (Å²) >= 11 is 0. The maximum atomic E-state index is 13.3. The lowest BCUT2D eigenvalue weighted by Crippen LogP contribution is -2.16. The number of ether oxygens (including phenoxy) is 1. The van der Waals surface area contributed by atoms with Gasteiger partial charge in [0.15, 0.2) is 5.82 Å². The van der Waals surface area contributed by atoms with Crippen LogP contribution in [0.15, 0.2) is 18.2 Å². The molecule has 98 valence electrons. The van der Waals surface area contributed by atoms with Gasteiger partial charge in [-0.3, -0.25) is 0 Å². The zero-order valence-electron chi connectivity index (χ0n) is 10.1. The molecule has 5 nitrogen and oxygen atoms in total. The number of nitrogen functional groups attached to an aromatic ring is 1. The number of aromatic hydroxyl groups is 1. The highest BCUT2D eigenvalue weighted by molar-refractivity contribution is 5.61. The quantitative estimate of drug-likeness (QED) is 0.815. The summed E-state index contributed by atoms with van der Waals surface area (Å²) in [7, 11) is 0. The third-order valence-corrected chi connectivity index (χ3v) is 3.00. The Morgan fingerprint density at radius 2 is 2.11 bits per heavy atom. The van der Waals surface area contributed by atoms with Gasteiger partial charge in [-0.1, -0.05) is 0 Å². The molecule has 1 aromatic carbocycles. The Morgan fingerprint density at radius 1 is 1.26 bits per heavy atom. The molecule has 2 aromatic rings. The molecule has 3 rings (SSSR count). The Kier molecular flexibility index (Phi) is 2.79. The molecule has 0 amide bonds. The van der Waals surface area contributed by atoms with Crippen molar-refractivity contribution in [2.75, 3.05) is 12.3 Å². The van der Waals surface area contributed by atoms with Crippen molar-refractivity contribution in [3.63, 3.8) is 0 Å². The Bertz CT molecular complexity index is 626. The molecular weight excluding hydrogens is 249 g/mol. The van der Waals surface area contributed by atoms with Gasteiger partial charge in [-0.15, -0.1) is 0 Å². The molecule has 0 fully saturated rings.